The number of aryl methyl sites for hydroxylation is 1. The van der Waals surface area contributed by atoms with Gasteiger partial charge in [-0.25, -0.2) is 4.79 Å². The van der Waals surface area contributed by atoms with Crippen LogP contribution in [-0.4, -0.2) is 59.9 Å². The highest BCUT2D eigenvalue weighted by molar-refractivity contribution is 5.95. The molecule has 1 aromatic heterocycles. The summed E-state index contributed by atoms with van der Waals surface area (Å²) in [5, 5.41) is 6.53. The van der Waals surface area contributed by atoms with Crippen LogP contribution in [0.2, 0.25) is 0 Å². The van der Waals surface area contributed by atoms with E-state index in [1.165, 1.54) is 13.3 Å². The van der Waals surface area contributed by atoms with Gasteiger partial charge in [-0.3, -0.25) is 9.89 Å². The standard InChI is InChI=1S/C11H15N3O4/c1-7-8(5-12-13-7)10(15)14-3-4-18-9(6-14)11(16)17-2/h5,9H,3-4,6H2,1-2H3,(H,12,13). The fourth-order valence-electron chi connectivity index (χ4n) is 1.84. The summed E-state index contributed by atoms with van der Waals surface area (Å²) in [5.41, 5.74) is 1.22. The maximum atomic E-state index is 12.2. The van der Waals surface area contributed by atoms with Gasteiger partial charge in [-0.15, -0.1) is 0 Å². The van der Waals surface area contributed by atoms with Crippen molar-refractivity contribution in [1.82, 2.24) is 15.1 Å². The Morgan fingerprint density at radius 2 is 2.39 bits per heavy atom. The molecular weight excluding hydrogens is 238 g/mol. The number of esters is 1. The summed E-state index contributed by atoms with van der Waals surface area (Å²) >= 11 is 0. The van der Waals surface area contributed by atoms with E-state index in [9.17, 15) is 9.59 Å². The predicted molar refractivity (Wildman–Crippen MR) is 61.0 cm³/mol. The van der Waals surface area contributed by atoms with E-state index in [-0.39, 0.29) is 12.5 Å². The van der Waals surface area contributed by atoms with Gasteiger partial charge in [-0.1, -0.05) is 0 Å². The van der Waals surface area contributed by atoms with Crippen molar-refractivity contribution in [3.8, 4) is 0 Å². The minimum absolute atomic E-state index is 0.154. The number of amides is 1. The molecule has 0 saturated carbocycles. The average molecular weight is 253 g/mol. The molecule has 0 radical (unpaired) electrons. The van der Waals surface area contributed by atoms with Crippen LogP contribution in [0.15, 0.2) is 6.20 Å². The van der Waals surface area contributed by atoms with Crippen molar-refractivity contribution >= 4 is 11.9 Å². The first-order chi connectivity index (χ1) is 8.63. The number of aromatic amines is 1. The summed E-state index contributed by atoms with van der Waals surface area (Å²) in [6.07, 6.45) is 0.778. The van der Waals surface area contributed by atoms with Gasteiger partial charge in [0.15, 0.2) is 6.10 Å². The molecule has 7 heteroatoms. The topological polar surface area (TPSA) is 84.5 Å². The number of carbonyl (C=O) groups is 2. The number of morpholine rings is 1. The highest BCUT2D eigenvalue weighted by Crippen LogP contribution is 2.12. The van der Waals surface area contributed by atoms with Crippen LogP contribution in [0.4, 0.5) is 0 Å². The van der Waals surface area contributed by atoms with Gasteiger partial charge < -0.3 is 14.4 Å². The summed E-state index contributed by atoms with van der Waals surface area (Å²) in [7, 11) is 1.30. The Bertz CT molecular complexity index is 457. The molecular formula is C11H15N3O4. The largest absolute Gasteiger partial charge is 0.467 e. The Morgan fingerprint density at radius 1 is 1.61 bits per heavy atom. The lowest BCUT2D eigenvalue weighted by molar-refractivity contribution is -0.158. The van der Waals surface area contributed by atoms with Crippen LogP contribution >= 0.6 is 0 Å². The van der Waals surface area contributed by atoms with E-state index in [0.717, 1.165) is 0 Å². The van der Waals surface area contributed by atoms with E-state index in [1.54, 1.807) is 11.8 Å². The predicted octanol–water partition coefficient (Wildman–Crippen LogP) is -0.268. The van der Waals surface area contributed by atoms with Gasteiger partial charge in [0, 0.05) is 12.2 Å². The number of aromatic nitrogens is 2. The van der Waals surface area contributed by atoms with Crippen molar-refractivity contribution < 1.29 is 19.1 Å². The fourth-order valence-corrected chi connectivity index (χ4v) is 1.84. The second kappa shape index (κ2) is 5.18. The zero-order valence-electron chi connectivity index (χ0n) is 10.3. The molecule has 0 bridgehead atoms. The fraction of sp³-hybridized carbons (Fsp3) is 0.545. The van der Waals surface area contributed by atoms with E-state index in [1.807, 2.05) is 0 Å². The van der Waals surface area contributed by atoms with Crippen LogP contribution in [0.25, 0.3) is 0 Å². The van der Waals surface area contributed by atoms with E-state index < -0.39 is 12.1 Å². The molecule has 1 aliphatic rings. The Kier molecular flexibility index (Phi) is 3.61. The highest BCUT2D eigenvalue weighted by Gasteiger charge is 2.31. The third kappa shape index (κ3) is 2.35. The van der Waals surface area contributed by atoms with Gasteiger partial charge in [0.05, 0.1) is 32.0 Å². The molecule has 1 N–H and O–H groups in total. The van der Waals surface area contributed by atoms with Gasteiger partial charge in [0.25, 0.3) is 5.91 Å². The van der Waals surface area contributed by atoms with Crippen molar-refractivity contribution in [2.75, 3.05) is 26.8 Å². The monoisotopic (exact) mass is 253 g/mol. The van der Waals surface area contributed by atoms with Crippen molar-refractivity contribution in [1.29, 1.82) is 0 Å². The molecule has 0 aromatic carbocycles. The zero-order chi connectivity index (χ0) is 13.1. The first kappa shape index (κ1) is 12.6. The lowest BCUT2D eigenvalue weighted by Crippen LogP contribution is -2.49. The van der Waals surface area contributed by atoms with Crippen LogP contribution in [-0.2, 0) is 14.3 Å². The number of hydrogen-bond acceptors (Lipinski definition) is 5. The lowest BCUT2D eigenvalue weighted by atomic mass is 10.2. The molecule has 98 valence electrons. The average Bonchev–Trinajstić information content (AvgIpc) is 2.83. The van der Waals surface area contributed by atoms with Gasteiger partial charge in [-0.05, 0) is 6.92 Å². The first-order valence-corrected chi connectivity index (χ1v) is 5.62. The quantitative estimate of drug-likeness (QED) is 0.733. The Labute approximate surface area is 104 Å². The Balaban J connectivity index is 2.07. The van der Waals surface area contributed by atoms with Crippen LogP contribution < -0.4 is 0 Å². The second-order valence-corrected chi connectivity index (χ2v) is 4.04. The van der Waals surface area contributed by atoms with Crippen molar-refractivity contribution in [2.45, 2.75) is 13.0 Å². The number of nitrogens with one attached hydrogen (secondary N) is 1. The normalized spacial score (nSPS) is 19.7. The number of methoxy groups -OCH3 is 1. The summed E-state index contributed by atoms with van der Waals surface area (Å²) in [4.78, 5) is 25.2. The maximum absolute atomic E-state index is 12.2. The molecule has 1 amide bonds. The minimum atomic E-state index is -0.708. The SMILES string of the molecule is COC(=O)C1CN(C(=O)c2cn[nH]c2C)CCO1. The van der Waals surface area contributed by atoms with Crippen LogP contribution in [0.5, 0.6) is 0 Å². The number of carbonyl (C=O) groups excluding carboxylic acids is 2. The lowest BCUT2D eigenvalue weighted by Gasteiger charge is -2.31. The maximum Gasteiger partial charge on any atom is 0.336 e. The Hall–Kier alpha value is -1.89. The second-order valence-electron chi connectivity index (χ2n) is 4.04. The van der Waals surface area contributed by atoms with Gasteiger partial charge in [0.2, 0.25) is 0 Å². The summed E-state index contributed by atoms with van der Waals surface area (Å²) in [5.74, 6) is -0.616. The first-order valence-electron chi connectivity index (χ1n) is 5.62. The number of rotatable bonds is 2. The van der Waals surface area contributed by atoms with E-state index >= 15 is 0 Å². The van der Waals surface area contributed by atoms with Gasteiger partial charge in [0.1, 0.15) is 0 Å². The van der Waals surface area contributed by atoms with Crippen molar-refractivity contribution in [3.63, 3.8) is 0 Å². The van der Waals surface area contributed by atoms with Crippen LogP contribution in [0.3, 0.4) is 0 Å². The number of nitrogens with zero attached hydrogens (tertiary/aromatic N) is 2. The van der Waals surface area contributed by atoms with Crippen molar-refractivity contribution in [2.24, 2.45) is 0 Å². The van der Waals surface area contributed by atoms with Crippen molar-refractivity contribution in [3.05, 3.63) is 17.5 Å². The third-order valence-corrected chi connectivity index (χ3v) is 2.88. The van der Waals surface area contributed by atoms with E-state index in [0.29, 0.717) is 24.4 Å². The summed E-state index contributed by atoms with van der Waals surface area (Å²) in [6, 6.07) is 0. The molecule has 18 heavy (non-hydrogen) atoms. The number of ether oxygens (including phenoxy) is 2. The van der Waals surface area contributed by atoms with Crippen LogP contribution in [0, 0.1) is 6.92 Å². The van der Waals surface area contributed by atoms with Crippen LogP contribution in [0.1, 0.15) is 16.1 Å². The third-order valence-electron chi connectivity index (χ3n) is 2.88. The molecule has 1 unspecified atom stereocenters. The molecule has 2 heterocycles. The number of H-pyrrole nitrogens is 1. The molecule has 7 nitrogen and oxygen atoms in total. The van der Waals surface area contributed by atoms with E-state index in [4.69, 9.17) is 4.74 Å². The minimum Gasteiger partial charge on any atom is -0.467 e. The van der Waals surface area contributed by atoms with Gasteiger partial charge >= 0.3 is 5.97 Å². The Morgan fingerprint density at radius 3 is 3.00 bits per heavy atom. The zero-order valence-corrected chi connectivity index (χ0v) is 10.3. The summed E-state index contributed by atoms with van der Waals surface area (Å²) in [6.45, 7) is 2.76. The van der Waals surface area contributed by atoms with E-state index in [2.05, 4.69) is 14.9 Å². The molecule has 1 aromatic rings. The molecule has 0 aliphatic carbocycles. The molecule has 2 rings (SSSR count). The highest BCUT2D eigenvalue weighted by atomic mass is 16.6. The van der Waals surface area contributed by atoms with Gasteiger partial charge in [-0.2, -0.15) is 5.10 Å². The summed E-state index contributed by atoms with van der Waals surface area (Å²) < 4.78 is 9.88. The molecule has 1 atom stereocenters. The molecule has 0 spiro atoms. The molecule has 1 fully saturated rings. The number of hydrogen-bond donors (Lipinski definition) is 1. The molecule has 1 saturated heterocycles. The smallest absolute Gasteiger partial charge is 0.336 e. The molecule has 1 aliphatic heterocycles.